The van der Waals surface area contributed by atoms with E-state index in [4.69, 9.17) is 19.8 Å². The molecule has 2 N–H and O–H groups in total. The molecule has 0 aliphatic heterocycles. The lowest BCUT2D eigenvalue weighted by Crippen LogP contribution is -1.49. The maximum atomic E-state index is 8.36. The van der Waals surface area contributed by atoms with Gasteiger partial charge in [-0.3, -0.25) is 4.79 Å². The SMILES string of the molecule is C=O.CO.O=CO. The first-order valence-corrected chi connectivity index (χ1v) is 1.23. The minimum Gasteiger partial charge on any atom is -0.483 e. The van der Waals surface area contributed by atoms with Crippen LogP contribution in [-0.2, 0) is 9.59 Å². The van der Waals surface area contributed by atoms with E-state index in [1.807, 2.05) is 6.79 Å². The Balaban J connectivity index is -0.0000000360. The van der Waals surface area contributed by atoms with Gasteiger partial charge in [0.15, 0.2) is 0 Å². The summed E-state index contributed by atoms with van der Waals surface area (Å²) in [5.41, 5.74) is 0. The molecule has 0 radical (unpaired) electrons. The van der Waals surface area contributed by atoms with Crippen LogP contribution in [0.3, 0.4) is 0 Å². The van der Waals surface area contributed by atoms with Gasteiger partial charge in [-0.05, 0) is 0 Å². The lowest BCUT2D eigenvalue weighted by atomic mass is 11.7. The normalized spacial score (nSPS) is 3.14. The largest absolute Gasteiger partial charge is 0.483 e. The Morgan fingerprint density at radius 1 is 1.43 bits per heavy atom. The van der Waals surface area contributed by atoms with Crippen molar-refractivity contribution in [1.29, 1.82) is 0 Å². The quantitative estimate of drug-likeness (QED) is 0.395. The summed E-state index contributed by atoms with van der Waals surface area (Å²) in [4.78, 5) is 16.4. The van der Waals surface area contributed by atoms with Gasteiger partial charge in [-0.15, -0.1) is 0 Å². The Kier molecular flexibility index (Phi) is 20200. The predicted octanol–water partition coefficient (Wildman–Crippen LogP) is -0.876. The fourth-order valence-corrected chi connectivity index (χ4v) is 0. The van der Waals surface area contributed by atoms with Gasteiger partial charge < -0.3 is 15.0 Å². The summed E-state index contributed by atoms with van der Waals surface area (Å²) in [6.45, 7) is 1.75. The molecule has 4 nitrogen and oxygen atoms in total. The molecule has 0 atom stereocenters. The second kappa shape index (κ2) is 8570. The highest BCUT2D eigenvalue weighted by molar-refractivity contribution is 5.32. The van der Waals surface area contributed by atoms with Crippen LogP contribution in [0.1, 0.15) is 0 Å². The number of hydrogen-bond acceptors (Lipinski definition) is 3. The second-order valence-electron chi connectivity index (χ2n) is 0.105. The average molecular weight is 108 g/mol. The van der Waals surface area contributed by atoms with Gasteiger partial charge in [0, 0.05) is 7.11 Å². The Morgan fingerprint density at radius 3 is 1.43 bits per heavy atom. The summed E-state index contributed by atoms with van der Waals surface area (Å²) in [5, 5.41) is 13.9. The molecule has 7 heavy (non-hydrogen) atoms. The van der Waals surface area contributed by atoms with Gasteiger partial charge in [0.1, 0.15) is 6.79 Å². The molecular formula is C3H8O4. The van der Waals surface area contributed by atoms with Crippen LogP contribution in [0.2, 0.25) is 0 Å². The van der Waals surface area contributed by atoms with E-state index in [0.717, 1.165) is 7.11 Å². The van der Waals surface area contributed by atoms with Gasteiger partial charge in [0.2, 0.25) is 0 Å². The third-order valence-corrected chi connectivity index (χ3v) is 0. The van der Waals surface area contributed by atoms with E-state index in [-0.39, 0.29) is 6.47 Å². The minimum absolute atomic E-state index is 0.250. The van der Waals surface area contributed by atoms with Gasteiger partial charge in [-0.25, -0.2) is 0 Å². The van der Waals surface area contributed by atoms with Crippen molar-refractivity contribution in [2.45, 2.75) is 0 Å². The van der Waals surface area contributed by atoms with Crippen LogP contribution in [0, 0.1) is 0 Å². The lowest BCUT2D eigenvalue weighted by Gasteiger charge is -1.34. The predicted molar refractivity (Wildman–Crippen MR) is 24.0 cm³/mol. The van der Waals surface area contributed by atoms with Crippen LogP contribution in [0.25, 0.3) is 0 Å². The molecule has 0 saturated carbocycles. The van der Waals surface area contributed by atoms with Gasteiger partial charge in [-0.2, -0.15) is 0 Å². The molecule has 0 rings (SSSR count). The molecule has 0 unspecified atom stereocenters. The highest BCUT2D eigenvalue weighted by atomic mass is 16.3. The van der Waals surface area contributed by atoms with Crippen molar-refractivity contribution in [1.82, 2.24) is 0 Å². The fraction of sp³-hybridized carbons (Fsp3) is 0.333. The van der Waals surface area contributed by atoms with E-state index >= 15 is 0 Å². The van der Waals surface area contributed by atoms with Crippen molar-refractivity contribution >= 4 is 13.3 Å². The van der Waals surface area contributed by atoms with Crippen LogP contribution in [0.4, 0.5) is 0 Å². The van der Waals surface area contributed by atoms with Crippen molar-refractivity contribution in [3.05, 3.63) is 0 Å². The van der Waals surface area contributed by atoms with Gasteiger partial charge in [0.25, 0.3) is 6.47 Å². The molecule has 0 aliphatic rings. The molecule has 0 aromatic heterocycles. The zero-order valence-electron chi connectivity index (χ0n) is 4.00. The summed E-state index contributed by atoms with van der Waals surface area (Å²) in [5.74, 6) is 0. The van der Waals surface area contributed by atoms with Crippen LogP contribution < -0.4 is 0 Å². The van der Waals surface area contributed by atoms with Gasteiger partial charge in [-0.1, -0.05) is 0 Å². The molecule has 0 aromatic carbocycles. The summed E-state index contributed by atoms with van der Waals surface area (Å²) in [7, 11) is 1.00. The lowest BCUT2D eigenvalue weighted by molar-refractivity contribution is -0.122. The number of aliphatic hydroxyl groups excluding tert-OH is 1. The molecule has 0 aromatic rings. The first-order valence-electron chi connectivity index (χ1n) is 1.23. The Bertz CT molecular complexity index is 20.9. The Morgan fingerprint density at radius 2 is 1.43 bits per heavy atom. The van der Waals surface area contributed by atoms with Crippen LogP contribution in [-0.4, -0.2) is 30.6 Å². The first-order chi connectivity index (χ1) is 3.41. The second-order valence-corrected chi connectivity index (χ2v) is 0.105. The molecule has 0 saturated heterocycles. The molecule has 0 amide bonds. The van der Waals surface area contributed by atoms with Crippen LogP contribution in [0.5, 0.6) is 0 Å². The summed E-state index contributed by atoms with van der Waals surface area (Å²) >= 11 is 0. The van der Waals surface area contributed by atoms with E-state index in [2.05, 4.69) is 0 Å². The summed E-state index contributed by atoms with van der Waals surface area (Å²) in [6.07, 6.45) is 0. The first kappa shape index (κ1) is 16.5. The monoisotopic (exact) mass is 108 g/mol. The molecule has 44 valence electrons. The van der Waals surface area contributed by atoms with Crippen molar-refractivity contribution in [3.63, 3.8) is 0 Å². The van der Waals surface area contributed by atoms with Crippen LogP contribution >= 0.6 is 0 Å². The number of aliphatic hydroxyl groups is 1. The number of hydrogen-bond donors (Lipinski definition) is 2. The van der Waals surface area contributed by atoms with Gasteiger partial charge >= 0.3 is 0 Å². The Labute approximate surface area is 41.4 Å². The van der Waals surface area contributed by atoms with Crippen molar-refractivity contribution in [2.24, 2.45) is 0 Å². The molecule has 0 bridgehead atoms. The highest BCUT2D eigenvalue weighted by Crippen LogP contribution is 0.966. The Hall–Kier alpha value is -0.900. The average Bonchev–Trinajstić information content (AvgIpc) is 1.78. The molecule has 0 fully saturated rings. The van der Waals surface area contributed by atoms with Crippen LogP contribution in [0.15, 0.2) is 0 Å². The maximum absolute atomic E-state index is 8.36. The number of carbonyl (C=O) groups excluding carboxylic acids is 1. The van der Waals surface area contributed by atoms with E-state index in [9.17, 15) is 0 Å². The zero-order chi connectivity index (χ0) is 6.71. The molecule has 0 heterocycles. The topological polar surface area (TPSA) is 74.6 Å². The smallest absolute Gasteiger partial charge is 0.290 e. The van der Waals surface area contributed by atoms with E-state index < -0.39 is 0 Å². The van der Waals surface area contributed by atoms with Crippen molar-refractivity contribution in [2.75, 3.05) is 7.11 Å². The third-order valence-electron chi connectivity index (χ3n) is 0. The molecule has 4 heteroatoms. The molecule has 0 aliphatic carbocycles. The highest BCUT2D eigenvalue weighted by Gasteiger charge is 1.22. The third kappa shape index (κ3) is 60.5. The van der Waals surface area contributed by atoms with Crippen molar-refractivity contribution < 1.29 is 19.8 Å². The van der Waals surface area contributed by atoms with E-state index in [0.29, 0.717) is 0 Å². The summed E-state index contributed by atoms with van der Waals surface area (Å²) in [6, 6.07) is 0. The van der Waals surface area contributed by atoms with E-state index in [1.165, 1.54) is 0 Å². The minimum atomic E-state index is -0.250. The number of rotatable bonds is 0. The van der Waals surface area contributed by atoms with E-state index in [1.54, 1.807) is 0 Å². The maximum Gasteiger partial charge on any atom is 0.290 e. The summed E-state index contributed by atoms with van der Waals surface area (Å²) < 4.78 is 0. The number of carboxylic acid groups (broad SMARTS) is 1. The number of carbonyl (C=O) groups is 2. The standard InChI is InChI=1S/CH2O2.CH4O.CH2O/c2-1-3;2*1-2/h1H,(H,2,3);2H,1H3;1H2. The van der Waals surface area contributed by atoms with Crippen molar-refractivity contribution in [3.8, 4) is 0 Å². The molecular weight excluding hydrogens is 100 g/mol. The zero-order valence-corrected chi connectivity index (χ0v) is 4.00. The molecule has 0 spiro atoms. The fourth-order valence-electron chi connectivity index (χ4n) is 0. The van der Waals surface area contributed by atoms with Gasteiger partial charge in [0.05, 0.1) is 0 Å².